The smallest absolute Gasteiger partial charge is 0.370 e. The summed E-state index contributed by atoms with van der Waals surface area (Å²) in [5.41, 5.74) is 1.66. The van der Waals surface area contributed by atoms with E-state index in [1.165, 1.54) is 12.1 Å². The van der Waals surface area contributed by atoms with Gasteiger partial charge in [0.25, 0.3) is 0 Å². The number of aliphatic imine (C=N–C) groups is 1. The zero-order valence-corrected chi connectivity index (χ0v) is 15.5. The Kier molecular flexibility index (Phi) is 6.02. The lowest BCUT2D eigenvalue weighted by atomic mass is 9.98. The zero-order valence-electron chi connectivity index (χ0n) is 14.7. The van der Waals surface area contributed by atoms with Crippen molar-refractivity contribution >= 4 is 18.2 Å². The van der Waals surface area contributed by atoms with E-state index in [2.05, 4.69) is 24.2 Å². The number of hydrogen-bond donors (Lipinski definition) is 1. The number of halogens is 4. The minimum Gasteiger partial charge on any atom is -0.370 e. The van der Waals surface area contributed by atoms with Crippen molar-refractivity contribution in [3.63, 3.8) is 0 Å². The summed E-state index contributed by atoms with van der Waals surface area (Å²) in [7, 11) is 0. The number of amidine groups is 1. The summed E-state index contributed by atoms with van der Waals surface area (Å²) in [6, 6.07) is 13.0. The number of benzene rings is 2. The van der Waals surface area contributed by atoms with Gasteiger partial charge in [-0.3, -0.25) is 4.99 Å². The maximum atomic E-state index is 13.0. The van der Waals surface area contributed by atoms with E-state index in [9.17, 15) is 13.2 Å². The highest BCUT2D eigenvalue weighted by molar-refractivity contribution is 5.85. The molecule has 1 aliphatic heterocycles. The van der Waals surface area contributed by atoms with Crippen molar-refractivity contribution in [2.75, 3.05) is 0 Å². The van der Waals surface area contributed by atoms with E-state index in [0.29, 0.717) is 12.1 Å². The molecule has 6 heteroatoms. The van der Waals surface area contributed by atoms with Crippen molar-refractivity contribution in [2.24, 2.45) is 4.99 Å². The van der Waals surface area contributed by atoms with Crippen molar-refractivity contribution in [3.8, 4) is 11.1 Å². The first-order chi connectivity index (χ1) is 11.7. The van der Waals surface area contributed by atoms with Crippen LogP contribution >= 0.6 is 12.4 Å². The first-order valence-electron chi connectivity index (χ1n) is 8.33. The third-order valence-corrected chi connectivity index (χ3v) is 4.41. The van der Waals surface area contributed by atoms with Gasteiger partial charge < -0.3 is 5.32 Å². The summed E-state index contributed by atoms with van der Waals surface area (Å²) in [6.07, 6.45) is -2.43. The maximum Gasteiger partial charge on any atom is 0.416 e. The average molecular weight is 383 g/mol. The fourth-order valence-electron chi connectivity index (χ4n) is 3.05. The van der Waals surface area contributed by atoms with Gasteiger partial charge in [-0.1, -0.05) is 36.4 Å². The van der Waals surface area contributed by atoms with Gasteiger partial charge in [-0.25, -0.2) is 0 Å². The molecular weight excluding hydrogens is 361 g/mol. The number of rotatable bonds is 3. The van der Waals surface area contributed by atoms with Crippen LogP contribution < -0.4 is 5.32 Å². The van der Waals surface area contributed by atoms with Crippen LogP contribution in [0.1, 0.15) is 37.8 Å². The number of alkyl halides is 3. The first kappa shape index (κ1) is 20.3. The Balaban J connectivity index is 0.00000243. The standard InChI is InChI=1S/C20H21F3N2.ClH/c1-19(2)11-10-18(25-19)24-13-15-6-3-4-9-17(15)14-7-5-8-16(12-14)20(21,22)23;/h3-9,12H,10-11,13H2,1-2H3,(H,24,25);1H. The van der Waals surface area contributed by atoms with Crippen LogP contribution in [0.4, 0.5) is 13.2 Å². The van der Waals surface area contributed by atoms with Crippen LogP contribution in [0.15, 0.2) is 53.5 Å². The second-order valence-electron chi connectivity index (χ2n) is 6.96. The molecule has 0 fully saturated rings. The molecule has 3 rings (SSSR count). The summed E-state index contributed by atoms with van der Waals surface area (Å²) < 4.78 is 38.9. The Morgan fingerprint density at radius 1 is 1.08 bits per heavy atom. The lowest BCUT2D eigenvalue weighted by Gasteiger charge is -2.14. The van der Waals surface area contributed by atoms with Gasteiger partial charge in [0.15, 0.2) is 0 Å². The van der Waals surface area contributed by atoms with Crippen LogP contribution in [-0.2, 0) is 12.7 Å². The zero-order chi connectivity index (χ0) is 18.1. The SMILES string of the molecule is CC1(C)CCC(NCc2ccccc2-c2cccc(C(F)(F)F)c2)=N1.Cl. The van der Waals surface area contributed by atoms with Crippen LogP contribution in [0.2, 0.25) is 0 Å². The molecule has 0 saturated heterocycles. The average Bonchev–Trinajstić information content (AvgIpc) is 2.92. The summed E-state index contributed by atoms with van der Waals surface area (Å²) in [4.78, 5) is 4.64. The largest absolute Gasteiger partial charge is 0.416 e. The van der Waals surface area contributed by atoms with Gasteiger partial charge in [0, 0.05) is 13.0 Å². The van der Waals surface area contributed by atoms with Crippen molar-refractivity contribution < 1.29 is 13.2 Å². The fraction of sp³-hybridized carbons (Fsp3) is 0.350. The summed E-state index contributed by atoms with van der Waals surface area (Å²) in [5, 5.41) is 3.34. The number of nitrogens with zero attached hydrogens (tertiary/aromatic N) is 1. The van der Waals surface area contributed by atoms with Crippen LogP contribution in [0, 0.1) is 0 Å². The normalized spacial score (nSPS) is 16.0. The molecule has 0 bridgehead atoms. The van der Waals surface area contributed by atoms with Crippen molar-refractivity contribution in [1.29, 1.82) is 0 Å². The van der Waals surface area contributed by atoms with Crippen LogP contribution in [0.5, 0.6) is 0 Å². The van der Waals surface area contributed by atoms with E-state index in [1.54, 1.807) is 6.07 Å². The highest BCUT2D eigenvalue weighted by Gasteiger charge is 2.30. The van der Waals surface area contributed by atoms with Gasteiger partial charge in [0.2, 0.25) is 0 Å². The number of hydrogen-bond acceptors (Lipinski definition) is 2. The molecule has 0 aliphatic carbocycles. The first-order valence-corrected chi connectivity index (χ1v) is 8.33. The van der Waals surface area contributed by atoms with E-state index in [0.717, 1.165) is 35.9 Å². The minimum atomic E-state index is -4.34. The molecule has 1 heterocycles. The summed E-state index contributed by atoms with van der Waals surface area (Å²) in [5.74, 6) is 0.962. The second kappa shape index (κ2) is 7.70. The molecule has 1 N–H and O–H groups in total. The molecule has 2 nitrogen and oxygen atoms in total. The van der Waals surface area contributed by atoms with E-state index >= 15 is 0 Å². The number of nitrogens with one attached hydrogen (secondary N) is 1. The third-order valence-electron chi connectivity index (χ3n) is 4.41. The van der Waals surface area contributed by atoms with Crippen LogP contribution in [-0.4, -0.2) is 11.4 Å². The molecule has 26 heavy (non-hydrogen) atoms. The van der Waals surface area contributed by atoms with Gasteiger partial charge >= 0.3 is 6.18 Å². The molecule has 2 aromatic rings. The molecule has 0 radical (unpaired) electrons. The summed E-state index contributed by atoms with van der Waals surface area (Å²) in [6.45, 7) is 4.73. The van der Waals surface area contributed by atoms with Crippen molar-refractivity contribution in [1.82, 2.24) is 5.32 Å². The van der Waals surface area contributed by atoms with E-state index in [4.69, 9.17) is 0 Å². The Bertz CT molecular complexity index is 798. The van der Waals surface area contributed by atoms with E-state index < -0.39 is 11.7 Å². The molecule has 140 valence electrons. The van der Waals surface area contributed by atoms with Gasteiger partial charge in [0.05, 0.1) is 16.9 Å². The Morgan fingerprint density at radius 2 is 1.81 bits per heavy atom. The molecule has 0 atom stereocenters. The predicted octanol–water partition coefficient (Wildman–Crippen LogP) is 5.85. The maximum absolute atomic E-state index is 13.0. The molecule has 2 aromatic carbocycles. The van der Waals surface area contributed by atoms with Gasteiger partial charge in [-0.15, -0.1) is 12.4 Å². The Morgan fingerprint density at radius 3 is 2.46 bits per heavy atom. The van der Waals surface area contributed by atoms with Crippen molar-refractivity contribution in [3.05, 3.63) is 59.7 Å². The Hall–Kier alpha value is -2.01. The molecular formula is C20H22ClF3N2. The lowest BCUT2D eigenvalue weighted by Crippen LogP contribution is -2.21. The van der Waals surface area contributed by atoms with Crippen LogP contribution in [0.3, 0.4) is 0 Å². The molecule has 0 saturated carbocycles. The predicted molar refractivity (Wildman–Crippen MR) is 102 cm³/mol. The Labute approximate surface area is 157 Å². The van der Waals surface area contributed by atoms with Gasteiger partial charge in [-0.05, 0) is 49.1 Å². The molecule has 0 spiro atoms. The van der Waals surface area contributed by atoms with Gasteiger partial charge in [0.1, 0.15) is 0 Å². The minimum absolute atomic E-state index is 0. The highest BCUT2D eigenvalue weighted by Crippen LogP contribution is 2.33. The summed E-state index contributed by atoms with van der Waals surface area (Å²) >= 11 is 0. The third kappa shape index (κ3) is 4.79. The molecule has 0 amide bonds. The topological polar surface area (TPSA) is 24.4 Å². The van der Waals surface area contributed by atoms with Crippen molar-refractivity contribution in [2.45, 2.75) is 44.9 Å². The van der Waals surface area contributed by atoms with Gasteiger partial charge in [-0.2, -0.15) is 13.2 Å². The molecule has 0 unspecified atom stereocenters. The second-order valence-corrected chi connectivity index (χ2v) is 6.96. The molecule has 1 aliphatic rings. The highest BCUT2D eigenvalue weighted by atomic mass is 35.5. The van der Waals surface area contributed by atoms with E-state index in [-0.39, 0.29) is 17.9 Å². The quantitative estimate of drug-likeness (QED) is 0.707. The monoisotopic (exact) mass is 382 g/mol. The van der Waals surface area contributed by atoms with E-state index in [1.807, 2.05) is 24.3 Å². The van der Waals surface area contributed by atoms with Crippen LogP contribution in [0.25, 0.3) is 11.1 Å². The molecule has 0 aromatic heterocycles. The lowest BCUT2D eigenvalue weighted by molar-refractivity contribution is -0.137. The fourth-order valence-corrected chi connectivity index (χ4v) is 3.05.